The number of aryl methyl sites for hydroxylation is 2. The summed E-state index contributed by atoms with van der Waals surface area (Å²) in [7, 11) is -3.73. The van der Waals surface area contributed by atoms with E-state index >= 15 is 0 Å². The number of carbonyl (C=O) groups excluding carboxylic acids is 1. The molecule has 0 saturated carbocycles. The number of likely N-dealkylation sites (tertiary alicyclic amines) is 1. The predicted molar refractivity (Wildman–Crippen MR) is 95.3 cm³/mol. The first-order valence-corrected chi connectivity index (χ1v) is 10.1. The summed E-state index contributed by atoms with van der Waals surface area (Å²) in [6, 6.07) is 4.49. The van der Waals surface area contributed by atoms with Crippen molar-refractivity contribution in [3.05, 3.63) is 29.3 Å². The predicted octanol–water partition coefficient (Wildman–Crippen LogP) is 2.62. The molecule has 0 bridgehead atoms. The van der Waals surface area contributed by atoms with Crippen molar-refractivity contribution in [2.75, 3.05) is 13.1 Å². The van der Waals surface area contributed by atoms with E-state index in [9.17, 15) is 13.2 Å². The van der Waals surface area contributed by atoms with Gasteiger partial charge in [-0.1, -0.05) is 31.5 Å². The number of sulfonamides is 1. The lowest BCUT2D eigenvalue weighted by molar-refractivity contribution is -0.134. The van der Waals surface area contributed by atoms with Crippen LogP contribution in [-0.4, -0.2) is 38.4 Å². The third-order valence-corrected chi connectivity index (χ3v) is 6.10. The highest BCUT2D eigenvalue weighted by molar-refractivity contribution is 7.89. The largest absolute Gasteiger partial charge is 0.341 e. The Bertz CT molecular complexity index is 692. The van der Waals surface area contributed by atoms with Gasteiger partial charge in [0.05, 0.1) is 4.90 Å². The molecule has 1 aromatic carbocycles. The molecule has 0 aliphatic carbocycles. The Hall–Kier alpha value is -1.40. The van der Waals surface area contributed by atoms with E-state index in [0.717, 1.165) is 24.8 Å². The number of amides is 1. The van der Waals surface area contributed by atoms with E-state index in [-0.39, 0.29) is 16.7 Å². The van der Waals surface area contributed by atoms with Crippen LogP contribution in [0.15, 0.2) is 23.1 Å². The minimum absolute atomic E-state index is 0.111. The second-order valence-corrected chi connectivity index (χ2v) is 8.68. The van der Waals surface area contributed by atoms with Crippen LogP contribution in [0.5, 0.6) is 0 Å². The lowest BCUT2D eigenvalue weighted by atomic mass is 10.0. The summed E-state index contributed by atoms with van der Waals surface area (Å²) in [6.07, 6.45) is 3.10. The molecule has 6 heteroatoms. The van der Waals surface area contributed by atoms with E-state index in [1.165, 1.54) is 0 Å². The van der Waals surface area contributed by atoms with Crippen LogP contribution < -0.4 is 4.72 Å². The van der Waals surface area contributed by atoms with E-state index in [0.29, 0.717) is 18.7 Å². The number of hydrogen-bond acceptors (Lipinski definition) is 3. The van der Waals surface area contributed by atoms with E-state index in [1.807, 2.05) is 26.8 Å². The molecule has 1 aliphatic rings. The zero-order chi connectivity index (χ0) is 17.9. The number of hydrogen-bond donors (Lipinski definition) is 1. The summed E-state index contributed by atoms with van der Waals surface area (Å²) in [6.45, 7) is 8.88. The van der Waals surface area contributed by atoms with Gasteiger partial charge in [0.2, 0.25) is 15.9 Å². The molecule has 0 spiro atoms. The Morgan fingerprint density at radius 1 is 1.12 bits per heavy atom. The zero-order valence-corrected chi connectivity index (χ0v) is 15.8. The standard InChI is InChI=1S/C18H28N2O3S/c1-13(2)17(18(21)20-10-6-5-7-11-20)19-24(22,23)16-9-8-14(3)12-15(16)4/h8-9,12-13,17,19H,5-7,10-11H2,1-4H3/t17-/m0/s1. The van der Waals surface area contributed by atoms with Crippen LogP contribution in [-0.2, 0) is 14.8 Å². The number of nitrogens with zero attached hydrogens (tertiary/aromatic N) is 1. The van der Waals surface area contributed by atoms with Crippen molar-refractivity contribution in [1.29, 1.82) is 0 Å². The van der Waals surface area contributed by atoms with Gasteiger partial charge >= 0.3 is 0 Å². The maximum Gasteiger partial charge on any atom is 0.241 e. The second kappa shape index (κ2) is 7.66. The van der Waals surface area contributed by atoms with Crippen LogP contribution in [0, 0.1) is 19.8 Å². The first-order chi connectivity index (χ1) is 11.2. The van der Waals surface area contributed by atoms with Crippen molar-refractivity contribution in [1.82, 2.24) is 9.62 Å². The Kier molecular flexibility index (Phi) is 6.04. The van der Waals surface area contributed by atoms with Crippen LogP contribution in [0.2, 0.25) is 0 Å². The summed E-state index contributed by atoms with van der Waals surface area (Å²) in [5, 5.41) is 0. The summed E-state index contributed by atoms with van der Waals surface area (Å²) in [5.74, 6) is -0.224. The van der Waals surface area contributed by atoms with Gasteiger partial charge in [-0.3, -0.25) is 4.79 Å². The molecular formula is C18H28N2O3S. The van der Waals surface area contributed by atoms with E-state index in [1.54, 1.807) is 24.0 Å². The average Bonchev–Trinajstić information content (AvgIpc) is 2.52. The van der Waals surface area contributed by atoms with Crippen LogP contribution in [0.3, 0.4) is 0 Å². The minimum atomic E-state index is -3.73. The highest BCUT2D eigenvalue weighted by Crippen LogP contribution is 2.19. The van der Waals surface area contributed by atoms with Crippen molar-refractivity contribution in [3.8, 4) is 0 Å². The van der Waals surface area contributed by atoms with Gasteiger partial charge in [0.15, 0.2) is 0 Å². The Morgan fingerprint density at radius 3 is 2.29 bits per heavy atom. The van der Waals surface area contributed by atoms with Crippen molar-refractivity contribution < 1.29 is 13.2 Å². The molecule has 134 valence electrons. The molecule has 1 fully saturated rings. The Balaban J connectivity index is 2.24. The molecular weight excluding hydrogens is 324 g/mol. The molecule has 1 aromatic rings. The molecule has 0 radical (unpaired) electrons. The number of nitrogens with one attached hydrogen (secondary N) is 1. The number of rotatable bonds is 5. The second-order valence-electron chi connectivity index (χ2n) is 7.00. The smallest absolute Gasteiger partial charge is 0.241 e. The van der Waals surface area contributed by atoms with Crippen LogP contribution >= 0.6 is 0 Å². The highest BCUT2D eigenvalue weighted by atomic mass is 32.2. The molecule has 2 rings (SSSR count). The van der Waals surface area contributed by atoms with Gasteiger partial charge in [-0.25, -0.2) is 8.42 Å². The maximum atomic E-state index is 12.8. The van der Waals surface area contributed by atoms with Crippen molar-refractivity contribution >= 4 is 15.9 Å². The Morgan fingerprint density at radius 2 is 1.75 bits per heavy atom. The number of benzene rings is 1. The maximum absolute atomic E-state index is 12.8. The molecule has 1 N–H and O–H groups in total. The van der Waals surface area contributed by atoms with E-state index in [4.69, 9.17) is 0 Å². The molecule has 0 aromatic heterocycles. The van der Waals surface area contributed by atoms with Gasteiger partial charge < -0.3 is 4.90 Å². The van der Waals surface area contributed by atoms with Crippen molar-refractivity contribution in [2.24, 2.45) is 5.92 Å². The molecule has 1 amide bonds. The van der Waals surface area contributed by atoms with E-state index in [2.05, 4.69) is 4.72 Å². The fraction of sp³-hybridized carbons (Fsp3) is 0.611. The molecule has 24 heavy (non-hydrogen) atoms. The normalized spacial score (nSPS) is 17.1. The van der Waals surface area contributed by atoms with Gasteiger partial charge in [0, 0.05) is 13.1 Å². The third kappa shape index (κ3) is 4.36. The van der Waals surface area contributed by atoms with Crippen molar-refractivity contribution in [2.45, 2.75) is 57.9 Å². The third-order valence-electron chi connectivity index (χ3n) is 4.50. The van der Waals surface area contributed by atoms with Crippen LogP contribution in [0.25, 0.3) is 0 Å². The number of piperidine rings is 1. The monoisotopic (exact) mass is 352 g/mol. The van der Waals surface area contributed by atoms with Gasteiger partial charge in [-0.15, -0.1) is 0 Å². The number of carbonyl (C=O) groups is 1. The van der Waals surface area contributed by atoms with Gasteiger partial charge in [0.25, 0.3) is 0 Å². The molecule has 1 heterocycles. The Labute approximate surface area is 145 Å². The average molecular weight is 353 g/mol. The fourth-order valence-electron chi connectivity index (χ4n) is 3.11. The minimum Gasteiger partial charge on any atom is -0.341 e. The van der Waals surface area contributed by atoms with Crippen LogP contribution in [0.4, 0.5) is 0 Å². The van der Waals surface area contributed by atoms with Crippen molar-refractivity contribution in [3.63, 3.8) is 0 Å². The molecule has 1 saturated heterocycles. The summed E-state index contributed by atoms with van der Waals surface area (Å²) in [5.41, 5.74) is 1.70. The zero-order valence-electron chi connectivity index (χ0n) is 15.0. The molecule has 5 nitrogen and oxygen atoms in total. The molecule has 1 aliphatic heterocycles. The topological polar surface area (TPSA) is 66.5 Å². The SMILES string of the molecule is Cc1ccc(S(=O)(=O)N[C@H](C(=O)N2CCCCC2)C(C)C)c(C)c1. The summed E-state index contributed by atoms with van der Waals surface area (Å²) >= 11 is 0. The van der Waals surface area contributed by atoms with Gasteiger partial charge in [-0.2, -0.15) is 4.72 Å². The quantitative estimate of drug-likeness (QED) is 0.886. The first kappa shape index (κ1) is 18.9. The van der Waals surface area contributed by atoms with E-state index < -0.39 is 16.1 Å². The molecule has 1 atom stereocenters. The van der Waals surface area contributed by atoms with Gasteiger partial charge in [0.1, 0.15) is 6.04 Å². The highest BCUT2D eigenvalue weighted by Gasteiger charge is 2.32. The summed E-state index contributed by atoms with van der Waals surface area (Å²) < 4.78 is 28.2. The lowest BCUT2D eigenvalue weighted by Gasteiger charge is -2.32. The molecule has 0 unspecified atom stereocenters. The van der Waals surface area contributed by atoms with Gasteiger partial charge in [-0.05, 0) is 50.7 Å². The fourth-order valence-corrected chi connectivity index (χ4v) is 4.68. The lowest BCUT2D eigenvalue weighted by Crippen LogP contribution is -2.52. The summed E-state index contributed by atoms with van der Waals surface area (Å²) in [4.78, 5) is 14.8. The van der Waals surface area contributed by atoms with Crippen LogP contribution in [0.1, 0.15) is 44.2 Å². The first-order valence-electron chi connectivity index (χ1n) is 8.61.